The molecule has 0 amide bonds. The molecular weight excluding hydrogens is 618 g/mol. The van der Waals surface area contributed by atoms with Crippen LogP contribution in [0.1, 0.15) is 16.7 Å². The second-order valence-corrected chi connectivity index (χ2v) is 8.58. The summed E-state index contributed by atoms with van der Waals surface area (Å²) in [6, 6.07) is 28.9. The summed E-state index contributed by atoms with van der Waals surface area (Å²) in [4.78, 5) is 25.6. The van der Waals surface area contributed by atoms with Crippen LogP contribution < -0.4 is 0 Å². The van der Waals surface area contributed by atoms with Gasteiger partial charge in [0.15, 0.2) is 0 Å². The maximum atomic E-state index is 4.29. The number of aromatic nitrogens is 6. The Kier molecular flexibility index (Phi) is 13.2. The van der Waals surface area contributed by atoms with Crippen LogP contribution in [0.5, 0.6) is 0 Å². The predicted molar refractivity (Wildman–Crippen MR) is 173 cm³/mol. The van der Waals surface area contributed by atoms with E-state index < -0.39 is 0 Å². The quantitative estimate of drug-likeness (QED) is 0.169. The number of hydrogen-bond donors (Lipinski definition) is 0. The molecule has 43 heavy (non-hydrogen) atoms. The molecule has 0 N–H and O–H groups in total. The second kappa shape index (κ2) is 17.5. The molecule has 0 aromatic carbocycles. The van der Waals surface area contributed by atoms with Gasteiger partial charge in [-0.25, -0.2) is 0 Å². The molecule has 0 atom stereocenters. The van der Waals surface area contributed by atoms with Gasteiger partial charge in [0.2, 0.25) is 0 Å². The van der Waals surface area contributed by atoms with Crippen molar-refractivity contribution < 1.29 is 19.5 Å². The minimum Gasteiger partial charge on any atom is -0.255 e. The van der Waals surface area contributed by atoms with Crippen molar-refractivity contribution in [2.45, 2.75) is 0 Å². The number of nitrogens with zero attached hydrogens (tertiary/aromatic N) is 6. The van der Waals surface area contributed by atoms with E-state index in [9.17, 15) is 0 Å². The Morgan fingerprint density at radius 2 is 0.628 bits per heavy atom. The fourth-order valence-electron chi connectivity index (χ4n) is 3.90. The summed E-state index contributed by atoms with van der Waals surface area (Å²) in [5, 5.41) is 0. The summed E-state index contributed by atoms with van der Waals surface area (Å²) >= 11 is 0. The van der Waals surface area contributed by atoms with Gasteiger partial charge in [-0.05, 0) is 54.6 Å². The van der Waals surface area contributed by atoms with Gasteiger partial charge in [0, 0.05) is 73.3 Å². The van der Waals surface area contributed by atoms with Crippen molar-refractivity contribution in [1.82, 2.24) is 29.9 Å². The van der Waals surface area contributed by atoms with Gasteiger partial charge < -0.3 is 0 Å². The zero-order chi connectivity index (χ0) is 29.4. The third kappa shape index (κ3) is 9.12. The van der Waals surface area contributed by atoms with E-state index in [2.05, 4.69) is 49.6 Å². The fraction of sp³-hybridized carbons (Fsp3) is 0. The van der Waals surface area contributed by atoms with Gasteiger partial charge in [-0.15, -0.1) is 0 Å². The molecule has 6 aromatic heterocycles. The predicted octanol–water partition coefficient (Wildman–Crippen LogP) is 8.36. The Hall–Kier alpha value is -5.26. The topological polar surface area (TPSA) is 77.3 Å². The molecule has 6 aromatic rings. The van der Waals surface area contributed by atoms with Crippen molar-refractivity contribution >= 4 is 18.2 Å². The van der Waals surface area contributed by atoms with Crippen molar-refractivity contribution in [2.24, 2.45) is 0 Å². The smallest absolute Gasteiger partial charge is 0.0958 e. The first-order valence-electron chi connectivity index (χ1n) is 13.2. The molecule has 0 saturated carbocycles. The zero-order valence-corrected chi connectivity index (χ0v) is 25.3. The first-order valence-corrected chi connectivity index (χ1v) is 13.2. The Balaban J connectivity index is 0.000000175. The minimum absolute atomic E-state index is 0. The van der Waals surface area contributed by atoms with Crippen LogP contribution in [0.2, 0.25) is 0 Å². The van der Waals surface area contributed by atoms with Crippen LogP contribution in [0.4, 0.5) is 0 Å². The molecule has 6 nitrogen and oxygen atoms in total. The average molecular weight is 648 g/mol. The van der Waals surface area contributed by atoms with E-state index in [1.165, 1.54) is 0 Å². The van der Waals surface area contributed by atoms with Crippen LogP contribution in [0.3, 0.4) is 0 Å². The molecular formula is C36H30N6Ru. The van der Waals surface area contributed by atoms with E-state index in [1.54, 1.807) is 55.4 Å². The molecule has 6 heterocycles. The SMILES string of the molecule is C=Cc1cccnc1-c1ccccn1.C=Cc1cccnc1-c1ccccn1.C=Cc1cccnc1-c1ccccn1.[Ru]. The van der Waals surface area contributed by atoms with Crippen molar-refractivity contribution in [3.63, 3.8) is 0 Å². The van der Waals surface area contributed by atoms with Crippen molar-refractivity contribution in [3.05, 3.63) is 165 Å². The third-order valence-corrected chi connectivity index (χ3v) is 5.90. The largest absolute Gasteiger partial charge is 0.255 e. The molecule has 0 aliphatic carbocycles. The van der Waals surface area contributed by atoms with Gasteiger partial charge in [-0.3, -0.25) is 29.9 Å². The number of hydrogen-bond acceptors (Lipinski definition) is 6. The van der Waals surface area contributed by atoms with Crippen LogP contribution in [-0.2, 0) is 19.5 Å². The normalized spacial score (nSPS) is 9.49. The van der Waals surface area contributed by atoms with E-state index in [0.29, 0.717) is 0 Å². The fourth-order valence-corrected chi connectivity index (χ4v) is 3.90. The zero-order valence-electron chi connectivity index (χ0n) is 23.5. The van der Waals surface area contributed by atoms with Crippen molar-refractivity contribution in [1.29, 1.82) is 0 Å². The second-order valence-electron chi connectivity index (χ2n) is 8.58. The van der Waals surface area contributed by atoms with Crippen LogP contribution in [0.25, 0.3) is 52.4 Å². The molecule has 0 radical (unpaired) electrons. The Labute approximate surface area is 265 Å². The molecule has 0 saturated heterocycles. The van der Waals surface area contributed by atoms with Crippen LogP contribution in [-0.4, -0.2) is 29.9 Å². The number of rotatable bonds is 6. The Bertz CT molecular complexity index is 1520. The van der Waals surface area contributed by atoms with E-state index in [-0.39, 0.29) is 19.5 Å². The van der Waals surface area contributed by atoms with Gasteiger partial charge in [-0.2, -0.15) is 0 Å². The summed E-state index contributed by atoms with van der Waals surface area (Å²) < 4.78 is 0. The summed E-state index contributed by atoms with van der Waals surface area (Å²) in [6.07, 6.45) is 15.9. The van der Waals surface area contributed by atoms with Crippen LogP contribution in [0, 0.1) is 0 Å². The monoisotopic (exact) mass is 648 g/mol. The van der Waals surface area contributed by atoms with E-state index in [4.69, 9.17) is 0 Å². The molecule has 0 aliphatic heterocycles. The molecule has 0 bridgehead atoms. The maximum absolute atomic E-state index is 4.29. The van der Waals surface area contributed by atoms with Crippen molar-refractivity contribution in [3.8, 4) is 34.2 Å². The molecule has 0 aliphatic rings. The first-order chi connectivity index (χ1) is 20.7. The van der Waals surface area contributed by atoms with Gasteiger partial charge in [0.25, 0.3) is 0 Å². The van der Waals surface area contributed by atoms with Crippen molar-refractivity contribution in [2.75, 3.05) is 0 Å². The Morgan fingerprint density at radius 1 is 0.349 bits per heavy atom. The van der Waals surface area contributed by atoms with E-state index in [1.807, 2.05) is 91.0 Å². The molecule has 7 heteroatoms. The summed E-state index contributed by atoms with van der Waals surface area (Å²) in [5.74, 6) is 0. The van der Waals surface area contributed by atoms with Gasteiger partial charge in [0.05, 0.1) is 34.2 Å². The van der Waals surface area contributed by atoms with Crippen LogP contribution in [0.15, 0.2) is 148 Å². The third-order valence-electron chi connectivity index (χ3n) is 5.90. The van der Waals surface area contributed by atoms with Crippen LogP contribution >= 0.6 is 0 Å². The average Bonchev–Trinajstić information content (AvgIpc) is 3.10. The van der Waals surface area contributed by atoms with Gasteiger partial charge in [-0.1, -0.05) is 74.4 Å². The molecule has 0 spiro atoms. The molecule has 212 valence electrons. The molecule has 6 rings (SSSR count). The summed E-state index contributed by atoms with van der Waals surface area (Å²) in [7, 11) is 0. The first kappa shape index (κ1) is 32.3. The summed E-state index contributed by atoms with van der Waals surface area (Å²) in [6.45, 7) is 11.2. The standard InChI is InChI=1S/3C12H10N2.Ru/c3*1-2-10-6-5-9-14-12(10)11-7-3-4-8-13-11;/h3*2-9H,1H2;. The molecule has 0 unspecified atom stereocenters. The maximum Gasteiger partial charge on any atom is 0.0958 e. The van der Waals surface area contributed by atoms with E-state index >= 15 is 0 Å². The van der Waals surface area contributed by atoms with Gasteiger partial charge in [0.1, 0.15) is 0 Å². The Morgan fingerprint density at radius 3 is 0.860 bits per heavy atom. The van der Waals surface area contributed by atoms with Gasteiger partial charge >= 0.3 is 0 Å². The summed E-state index contributed by atoms with van der Waals surface area (Å²) in [5.41, 5.74) is 8.28. The van der Waals surface area contributed by atoms with E-state index in [0.717, 1.165) is 50.9 Å². The minimum atomic E-state index is 0. The molecule has 0 fully saturated rings. The number of pyridine rings is 6.